The topological polar surface area (TPSA) is 276 Å². The number of aliphatic hydroxyl groups is 1. The Morgan fingerprint density at radius 3 is 2.49 bits per heavy atom. The summed E-state index contributed by atoms with van der Waals surface area (Å²) in [6.07, 6.45) is 3.33. The van der Waals surface area contributed by atoms with E-state index in [-0.39, 0.29) is 12.2 Å². The van der Waals surface area contributed by atoms with Crippen molar-refractivity contribution in [1.29, 1.82) is 0 Å². The van der Waals surface area contributed by atoms with Gasteiger partial charge in [0.25, 0.3) is 0 Å². The molecule has 2 unspecified atom stereocenters. The molecular weight excluding hydrogens is 537 g/mol. The van der Waals surface area contributed by atoms with Gasteiger partial charge in [-0.2, -0.15) is 13.6 Å². The Labute approximate surface area is 198 Å². The first kappa shape index (κ1) is 29.9. The van der Waals surface area contributed by atoms with Gasteiger partial charge in [-0.1, -0.05) is 12.2 Å². The van der Waals surface area contributed by atoms with Crippen molar-refractivity contribution < 1.29 is 56.3 Å². The lowest BCUT2D eigenvalue weighted by Gasteiger charge is -2.19. The Hall–Kier alpha value is -1.29. The van der Waals surface area contributed by atoms with Crippen molar-refractivity contribution in [2.24, 2.45) is 5.73 Å². The largest absolute Gasteiger partial charge is 0.490 e. The number of anilines is 1. The third-order valence-electron chi connectivity index (χ3n) is 4.41. The van der Waals surface area contributed by atoms with Crippen molar-refractivity contribution >= 4 is 35.4 Å². The van der Waals surface area contributed by atoms with Crippen molar-refractivity contribution in [2.75, 3.05) is 18.9 Å². The quantitative estimate of drug-likeness (QED) is 0.122. The van der Waals surface area contributed by atoms with Gasteiger partial charge in [-0.3, -0.25) is 9.09 Å². The van der Waals surface area contributed by atoms with Crippen molar-refractivity contribution in [1.82, 2.24) is 9.55 Å². The van der Waals surface area contributed by atoms with Gasteiger partial charge in [-0.15, -0.1) is 0 Å². The first-order valence-electron chi connectivity index (χ1n) is 9.99. The summed E-state index contributed by atoms with van der Waals surface area (Å²) in [5.41, 5.74) is 10.8. The molecule has 0 bridgehead atoms. The summed E-state index contributed by atoms with van der Waals surface area (Å²) in [7, 11) is -16.6. The minimum Gasteiger partial charge on any atom is -0.388 e. The standard InChI is InChI=1S/C15H27N4O13P3/c16-6-4-2-1-3-5-10-8-19(15(21)18-13(10)17)14-12(20)7-11(30-14)9-29-34(25,26)32-35(27,28)31-33(22,23)24/h3,5,8,11-12,14,20H,1-2,4,6-7,9,16H2,(H,25,26)(H,27,28)(H2,17,18,21)(H2,22,23,24)/t11-,12+,14+/m0/s1. The summed E-state index contributed by atoms with van der Waals surface area (Å²) in [4.78, 5) is 51.8. The van der Waals surface area contributed by atoms with E-state index in [0.717, 1.165) is 17.4 Å². The third kappa shape index (κ3) is 9.94. The van der Waals surface area contributed by atoms with Gasteiger partial charge in [0.05, 0.1) is 12.7 Å². The van der Waals surface area contributed by atoms with Crippen LogP contribution in [0.5, 0.6) is 0 Å². The number of phosphoric acid groups is 3. The van der Waals surface area contributed by atoms with Crippen LogP contribution in [0.15, 0.2) is 17.1 Å². The number of ether oxygens (including phenoxy) is 1. The lowest BCUT2D eigenvalue weighted by atomic mass is 10.2. The Morgan fingerprint density at radius 2 is 1.86 bits per heavy atom. The smallest absolute Gasteiger partial charge is 0.388 e. The molecule has 200 valence electrons. The Kier molecular flexibility index (Phi) is 10.5. The zero-order valence-electron chi connectivity index (χ0n) is 18.1. The second kappa shape index (κ2) is 12.3. The molecule has 1 saturated heterocycles. The number of hydrogen-bond acceptors (Lipinski definition) is 12. The molecule has 35 heavy (non-hydrogen) atoms. The van der Waals surface area contributed by atoms with Gasteiger partial charge in [0.15, 0.2) is 6.23 Å². The van der Waals surface area contributed by atoms with E-state index < -0.39 is 54.2 Å². The highest BCUT2D eigenvalue weighted by molar-refractivity contribution is 7.66. The van der Waals surface area contributed by atoms with Gasteiger partial charge in [-0.25, -0.2) is 18.5 Å². The molecule has 2 rings (SSSR count). The average molecular weight is 564 g/mol. The number of phosphoric ester groups is 1. The molecular formula is C15H27N4O13P3. The number of aromatic nitrogens is 2. The summed E-state index contributed by atoms with van der Waals surface area (Å²) in [6, 6.07) is 0. The number of nitrogens with two attached hydrogens (primary N) is 2. The van der Waals surface area contributed by atoms with E-state index in [1.165, 1.54) is 6.20 Å². The molecule has 1 aromatic heterocycles. The van der Waals surface area contributed by atoms with E-state index in [1.807, 2.05) is 6.08 Å². The number of aliphatic hydroxyl groups excluding tert-OH is 1. The van der Waals surface area contributed by atoms with E-state index in [4.69, 9.17) is 30.9 Å². The molecule has 20 heteroatoms. The molecule has 0 aliphatic carbocycles. The maximum Gasteiger partial charge on any atom is 0.490 e. The van der Waals surface area contributed by atoms with E-state index >= 15 is 0 Å². The fourth-order valence-electron chi connectivity index (χ4n) is 2.99. The lowest BCUT2D eigenvalue weighted by molar-refractivity contribution is -0.0523. The minimum atomic E-state index is -5.67. The number of hydrogen-bond donors (Lipinski definition) is 7. The number of nitrogens with zero attached hydrogens (tertiary/aromatic N) is 2. The van der Waals surface area contributed by atoms with Gasteiger partial charge in [-0.05, 0) is 25.8 Å². The molecule has 0 saturated carbocycles. The minimum absolute atomic E-state index is 0.0435. The van der Waals surface area contributed by atoms with Gasteiger partial charge < -0.3 is 40.9 Å². The summed E-state index contributed by atoms with van der Waals surface area (Å²) in [5.74, 6) is -0.0435. The van der Waals surface area contributed by atoms with Crippen molar-refractivity contribution in [3.63, 3.8) is 0 Å². The zero-order valence-corrected chi connectivity index (χ0v) is 20.8. The molecule has 0 spiro atoms. The van der Waals surface area contributed by atoms with Crippen LogP contribution in [0.1, 0.15) is 37.5 Å². The SMILES string of the molecule is NCCCCC=Cc1cn([C@@H]2O[C@H](COP(=O)(O)OP(=O)(O)OP(=O)(O)O)C[C@H]2O)c(=O)nc1N. The highest BCUT2D eigenvalue weighted by Crippen LogP contribution is 2.66. The van der Waals surface area contributed by atoms with Gasteiger partial charge >= 0.3 is 29.2 Å². The normalized spacial score (nSPS) is 24.5. The molecule has 0 radical (unpaired) electrons. The van der Waals surface area contributed by atoms with Crippen LogP contribution in [0.4, 0.5) is 5.82 Å². The Bertz CT molecular complexity index is 1110. The summed E-state index contributed by atoms with van der Waals surface area (Å²) in [6.45, 7) is -0.217. The summed E-state index contributed by atoms with van der Waals surface area (Å²) in [5, 5.41) is 10.3. The highest BCUT2D eigenvalue weighted by Gasteiger charge is 2.42. The molecule has 2 heterocycles. The van der Waals surface area contributed by atoms with E-state index in [9.17, 15) is 28.5 Å². The average Bonchev–Trinajstić information content (AvgIpc) is 3.05. The number of allylic oxidation sites excluding steroid dienone is 1. The first-order chi connectivity index (χ1) is 16.1. The number of unbranched alkanes of at least 4 members (excludes halogenated alkanes) is 2. The zero-order chi connectivity index (χ0) is 26.4. The van der Waals surface area contributed by atoms with Crippen molar-refractivity contribution in [2.45, 2.75) is 44.1 Å². The second-order valence-corrected chi connectivity index (χ2v) is 11.7. The van der Waals surface area contributed by atoms with Crippen LogP contribution in [0.2, 0.25) is 0 Å². The molecule has 17 nitrogen and oxygen atoms in total. The number of nitrogen functional groups attached to an aromatic ring is 1. The maximum absolute atomic E-state index is 12.3. The molecule has 1 fully saturated rings. The van der Waals surface area contributed by atoms with E-state index in [0.29, 0.717) is 18.5 Å². The predicted octanol–water partition coefficient (Wildman–Crippen LogP) is -0.0406. The number of rotatable bonds is 13. The van der Waals surface area contributed by atoms with Crippen LogP contribution < -0.4 is 17.2 Å². The van der Waals surface area contributed by atoms with Crippen LogP contribution in [0.25, 0.3) is 6.08 Å². The van der Waals surface area contributed by atoms with E-state index in [1.54, 1.807) is 6.08 Å². The predicted molar refractivity (Wildman–Crippen MR) is 119 cm³/mol. The fourth-order valence-corrected chi connectivity index (χ4v) is 6.04. The Balaban J connectivity index is 2.05. The fraction of sp³-hybridized carbons (Fsp3) is 0.600. The molecule has 0 aromatic carbocycles. The molecule has 1 aliphatic heterocycles. The van der Waals surface area contributed by atoms with Gasteiger partial charge in [0, 0.05) is 18.2 Å². The molecule has 9 N–H and O–H groups in total. The van der Waals surface area contributed by atoms with Crippen LogP contribution in [0.3, 0.4) is 0 Å². The van der Waals surface area contributed by atoms with Crippen LogP contribution in [0, 0.1) is 0 Å². The summed E-state index contributed by atoms with van der Waals surface area (Å²) < 4.78 is 52.1. The molecule has 1 aliphatic rings. The third-order valence-corrected chi connectivity index (χ3v) is 8.21. The van der Waals surface area contributed by atoms with Gasteiger partial charge in [0.1, 0.15) is 11.9 Å². The highest BCUT2D eigenvalue weighted by atomic mass is 31.3. The van der Waals surface area contributed by atoms with Gasteiger partial charge in [0.2, 0.25) is 0 Å². The van der Waals surface area contributed by atoms with Crippen LogP contribution >= 0.6 is 23.5 Å². The molecule has 1 aromatic rings. The van der Waals surface area contributed by atoms with Crippen molar-refractivity contribution in [3.05, 3.63) is 28.3 Å². The van der Waals surface area contributed by atoms with Crippen molar-refractivity contribution in [3.8, 4) is 0 Å². The monoisotopic (exact) mass is 564 g/mol. The molecule has 0 amide bonds. The summed E-state index contributed by atoms with van der Waals surface area (Å²) >= 11 is 0. The first-order valence-corrected chi connectivity index (χ1v) is 14.5. The lowest BCUT2D eigenvalue weighted by Crippen LogP contribution is -2.32. The molecule has 5 atom stereocenters. The van der Waals surface area contributed by atoms with Crippen LogP contribution in [-0.4, -0.2) is 59.6 Å². The Morgan fingerprint density at radius 1 is 1.17 bits per heavy atom. The second-order valence-electron chi connectivity index (χ2n) is 7.30. The maximum atomic E-state index is 12.3. The van der Waals surface area contributed by atoms with Crippen LogP contribution in [-0.2, 0) is 31.6 Å². The van der Waals surface area contributed by atoms with E-state index in [2.05, 4.69) is 18.1 Å².